The van der Waals surface area contributed by atoms with Crippen molar-refractivity contribution >= 4 is 81.0 Å². The first-order chi connectivity index (χ1) is 28.7. The highest BCUT2D eigenvalue weighted by Crippen LogP contribution is 2.51. The van der Waals surface area contributed by atoms with Gasteiger partial charge in [0.15, 0.2) is 0 Å². The Balaban J connectivity index is 0.854. The van der Waals surface area contributed by atoms with E-state index < -0.39 is 0 Å². The van der Waals surface area contributed by atoms with E-state index in [4.69, 9.17) is 13.6 Å². The van der Waals surface area contributed by atoms with Gasteiger partial charge in [-0.3, -0.25) is 0 Å². The molecule has 8 aromatic carbocycles. The lowest BCUT2D eigenvalue weighted by Crippen LogP contribution is -2.16. The Kier molecular flexibility index (Phi) is 6.72. The van der Waals surface area contributed by atoms with Crippen molar-refractivity contribution in [3.63, 3.8) is 0 Å². The molecule has 0 amide bonds. The van der Waals surface area contributed by atoms with Crippen LogP contribution in [-0.4, -0.2) is 6.10 Å². The van der Waals surface area contributed by atoms with Crippen LogP contribution in [0.2, 0.25) is 0 Å². The van der Waals surface area contributed by atoms with Gasteiger partial charge >= 0.3 is 0 Å². The smallest absolute Gasteiger partial charge is 0.142 e. The van der Waals surface area contributed by atoms with Crippen molar-refractivity contribution in [1.29, 1.82) is 0 Å². The molecule has 1 aliphatic heterocycles. The Hall–Kier alpha value is -7.14. The normalized spacial score (nSPS) is 16.1. The monoisotopic (exact) mass is 760 g/mol. The first-order valence-electron chi connectivity index (χ1n) is 19.8. The summed E-state index contributed by atoms with van der Waals surface area (Å²) < 4.78 is 21.8. The summed E-state index contributed by atoms with van der Waals surface area (Å²) >= 11 is 1.83. The first kappa shape index (κ1) is 32.0. The number of thiophene rings is 1. The molecule has 0 saturated carbocycles. The van der Waals surface area contributed by atoms with Gasteiger partial charge in [0.1, 0.15) is 34.2 Å². The van der Waals surface area contributed by atoms with Crippen molar-refractivity contribution in [2.75, 3.05) is 0 Å². The van der Waals surface area contributed by atoms with Crippen LogP contribution in [0.3, 0.4) is 0 Å². The van der Waals surface area contributed by atoms with E-state index >= 15 is 0 Å². The summed E-state index contributed by atoms with van der Waals surface area (Å²) in [5.74, 6) is 1.16. The summed E-state index contributed by atoms with van der Waals surface area (Å²) in [6, 6.07) is 58.6. The Morgan fingerprint density at radius 2 is 0.914 bits per heavy atom. The molecule has 4 heteroatoms. The molecule has 3 nitrogen and oxygen atoms in total. The van der Waals surface area contributed by atoms with Gasteiger partial charge in [-0.25, -0.2) is 0 Å². The van der Waals surface area contributed by atoms with Gasteiger partial charge in [0.2, 0.25) is 0 Å². The molecule has 272 valence electrons. The van der Waals surface area contributed by atoms with Gasteiger partial charge in [0.05, 0.1) is 4.70 Å². The molecule has 58 heavy (non-hydrogen) atoms. The van der Waals surface area contributed by atoms with E-state index in [1.807, 2.05) is 11.3 Å². The topological polar surface area (TPSA) is 35.5 Å². The Morgan fingerprint density at radius 1 is 0.414 bits per heavy atom. The summed E-state index contributed by atoms with van der Waals surface area (Å²) in [6.45, 7) is 0. The molecular weight excluding hydrogens is 729 g/mol. The number of allylic oxidation sites excluding steroid dienone is 2. The number of benzene rings is 8. The second-order valence-electron chi connectivity index (χ2n) is 15.5. The lowest BCUT2D eigenvalue weighted by molar-refractivity contribution is 0.272. The Labute approximate surface area is 337 Å². The van der Waals surface area contributed by atoms with Gasteiger partial charge in [-0.1, -0.05) is 115 Å². The third-order valence-corrected chi connectivity index (χ3v) is 13.4. The molecule has 0 N–H and O–H groups in total. The number of rotatable bonds is 4. The Bertz CT molecular complexity index is 3540. The molecule has 2 unspecified atom stereocenters. The molecule has 1 aliphatic carbocycles. The highest BCUT2D eigenvalue weighted by molar-refractivity contribution is 7.26. The molecule has 2 aliphatic rings. The van der Waals surface area contributed by atoms with E-state index in [0.717, 1.165) is 49.6 Å². The fourth-order valence-corrected chi connectivity index (χ4v) is 10.5. The standard InChI is InChI=1S/C54H32O3S/c1-3-7-31(8-4-1)33-11-19-47-42(25-33)44-28-36(13-21-49(44)55-47)35-15-23-51-41(27-35)39-17-18-40-46-30-38(16-24-52(46)58-54(40)53(39)57-51)37-14-22-50-45(29-37)43-26-34(12-20-48(43)56-50)32-9-5-2-6-10-32/h1-30,41,51H. The van der Waals surface area contributed by atoms with Gasteiger partial charge < -0.3 is 13.6 Å². The zero-order valence-corrected chi connectivity index (χ0v) is 31.9. The third kappa shape index (κ3) is 4.85. The van der Waals surface area contributed by atoms with E-state index in [-0.39, 0.29) is 12.0 Å². The van der Waals surface area contributed by atoms with E-state index in [2.05, 4.69) is 182 Å². The molecular formula is C54H32O3S. The molecule has 3 aromatic heterocycles. The third-order valence-electron chi connectivity index (χ3n) is 12.2. The highest BCUT2D eigenvalue weighted by Gasteiger charge is 2.35. The summed E-state index contributed by atoms with van der Waals surface area (Å²) in [7, 11) is 0. The van der Waals surface area contributed by atoms with Gasteiger partial charge in [-0.15, -0.1) is 11.3 Å². The minimum absolute atomic E-state index is 0.0315. The molecule has 0 radical (unpaired) electrons. The minimum atomic E-state index is -0.0315. The van der Waals surface area contributed by atoms with Crippen molar-refractivity contribution in [1.82, 2.24) is 0 Å². The zero-order valence-electron chi connectivity index (χ0n) is 31.1. The molecule has 0 fully saturated rings. The summed E-state index contributed by atoms with van der Waals surface area (Å²) in [6.07, 6.45) is 6.82. The highest BCUT2D eigenvalue weighted by atomic mass is 32.1. The van der Waals surface area contributed by atoms with Gasteiger partial charge in [-0.05, 0) is 111 Å². The van der Waals surface area contributed by atoms with Crippen LogP contribution in [0.1, 0.15) is 17.0 Å². The molecule has 4 heterocycles. The molecule has 11 aromatic rings. The predicted octanol–water partition coefficient (Wildman–Crippen LogP) is 15.4. The van der Waals surface area contributed by atoms with Crippen LogP contribution in [0.5, 0.6) is 5.75 Å². The fraction of sp³-hybridized carbons (Fsp3) is 0.0370. The van der Waals surface area contributed by atoms with Crippen molar-refractivity contribution in [3.05, 3.63) is 193 Å². The van der Waals surface area contributed by atoms with Crippen molar-refractivity contribution in [2.24, 2.45) is 0 Å². The van der Waals surface area contributed by atoms with E-state index in [9.17, 15) is 0 Å². The average Bonchev–Trinajstić information content (AvgIpc) is 4.05. The predicted molar refractivity (Wildman–Crippen MR) is 241 cm³/mol. The maximum atomic E-state index is 6.80. The average molecular weight is 761 g/mol. The van der Waals surface area contributed by atoms with Crippen LogP contribution in [-0.2, 0) is 0 Å². The molecule has 0 spiro atoms. The fourth-order valence-electron chi connectivity index (χ4n) is 9.30. The van der Waals surface area contributed by atoms with Crippen LogP contribution in [0, 0.1) is 0 Å². The number of ether oxygens (including phenoxy) is 1. The summed E-state index contributed by atoms with van der Waals surface area (Å²) in [5, 5.41) is 7.02. The van der Waals surface area contributed by atoms with E-state index in [1.54, 1.807) is 0 Å². The lowest BCUT2D eigenvalue weighted by atomic mass is 9.86. The maximum Gasteiger partial charge on any atom is 0.142 e. The quantitative estimate of drug-likeness (QED) is 0.179. The summed E-state index contributed by atoms with van der Waals surface area (Å²) in [4.78, 5) is 0. The van der Waals surface area contributed by atoms with Crippen LogP contribution < -0.4 is 4.74 Å². The van der Waals surface area contributed by atoms with Crippen LogP contribution in [0.4, 0.5) is 0 Å². The number of hydrogen-bond acceptors (Lipinski definition) is 4. The second kappa shape index (κ2) is 12.2. The SMILES string of the molecule is C1=CC2Oc3c(ccc4c3sc3ccc(-c5ccc6oc7ccc(-c8ccccc8)cc7c6c5)cc34)C2C=C1c1ccc2oc3ccc(-c4ccccc4)cc3c2c1. The first-order valence-corrected chi connectivity index (χ1v) is 20.6. The largest absolute Gasteiger partial charge is 0.484 e. The van der Waals surface area contributed by atoms with E-state index in [0.29, 0.717) is 0 Å². The van der Waals surface area contributed by atoms with E-state index in [1.165, 1.54) is 70.3 Å². The number of fused-ring (bicyclic) bond motifs is 13. The van der Waals surface area contributed by atoms with Gasteiger partial charge in [-0.2, -0.15) is 0 Å². The molecule has 13 rings (SSSR count). The molecule has 0 saturated heterocycles. The van der Waals surface area contributed by atoms with Crippen LogP contribution in [0.25, 0.3) is 103 Å². The second-order valence-corrected chi connectivity index (χ2v) is 16.6. The van der Waals surface area contributed by atoms with Crippen LogP contribution in [0.15, 0.2) is 191 Å². The summed E-state index contributed by atoms with van der Waals surface area (Å²) in [5.41, 5.74) is 14.4. The lowest BCUT2D eigenvalue weighted by Gasteiger charge is -2.18. The maximum absolute atomic E-state index is 6.80. The Morgan fingerprint density at radius 3 is 1.50 bits per heavy atom. The van der Waals surface area contributed by atoms with Crippen molar-refractivity contribution < 1.29 is 13.6 Å². The van der Waals surface area contributed by atoms with Crippen molar-refractivity contribution in [2.45, 2.75) is 12.0 Å². The number of hydrogen-bond donors (Lipinski definition) is 0. The van der Waals surface area contributed by atoms with Crippen molar-refractivity contribution in [3.8, 4) is 39.1 Å². The number of furan rings is 2. The van der Waals surface area contributed by atoms with Crippen LogP contribution >= 0.6 is 11.3 Å². The van der Waals surface area contributed by atoms with Gasteiger partial charge in [0, 0.05) is 48.5 Å². The molecule has 2 atom stereocenters. The minimum Gasteiger partial charge on any atom is -0.484 e. The van der Waals surface area contributed by atoms with Gasteiger partial charge in [0.25, 0.3) is 0 Å². The zero-order chi connectivity index (χ0) is 37.9. The molecule has 0 bridgehead atoms.